The molecule has 0 atom stereocenters. The minimum Gasteiger partial charge on any atom is -0.478 e. The zero-order chi connectivity index (χ0) is 25.9. The van der Waals surface area contributed by atoms with Gasteiger partial charge in [0, 0.05) is 60.3 Å². The second kappa shape index (κ2) is 13.7. The number of rotatable bonds is 9. The van der Waals surface area contributed by atoms with Crippen LogP contribution in [0, 0.1) is 5.82 Å². The Morgan fingerprint density at radius 1 is 1.00 bits per heavy atom. The molecule has 3 heterocycles. The summed E-state index contributed by atoms with van der Waals surface area (Å²) in [7, 11) is 0. The van der Waals surface area contributed by atoms with Crippen molar-refractivity contribution in [1.82, 2.24) is 10.2 Å². The first-order valence-corrected chi connectivity index (χ1v) is 13.2. The van der Waals surface area contributed by atoms with Gasteiger partial charge in [0.15, 0.2) is 0 Å². The summed E-state index contributed by atoms with van der Waals surface area (Å²) >= 11 is 3.09. The van der Waals surface area contributed by atoms with Gasteiger partial charge in [0.25, 0.3) is 5.91 Å². The molecule has 0 aliphatic carbocycles. The Kier molecular flexibility index (Phi) is 10.4. The Balaban J connectivity index is 0.000000392. The highest BCUT2D eigenvalue weighted by molar-refractivity contribution is 7.17. The van der Waals surface area contributed by atoms with Crippen LogP contribution in [0.4, 0.5) is 10.1 Å². The average Bonchev–Trinajstić information content (AvgIpc) is 3.53. The summed E-state index contributed by atoms with van der Waals surface area (Å²) in [6.07, 6.45) is 3.20. The number of unbranched alkanes of at least 4 members (excludes halogenated alkanes) is 1. The fourth-order valence-electron chi connectivity index (χ4n) is 3.75. The van der Waals surface area contributed by atoms with Crippen LogP contribution >= 0.6 is 22.7 Å². The number of carbonyl (C=O) groups excluding carboxylic acids is 1. The third-order valence-corrected chi connectivity index (χ3v) is 7.33. The second-order valence-corrected chi connectivity index (χ2v) is 9.90. The predicted octanol–water partition coefficient (Wildman–Crippen LogP) is 4.15. The summed E-state index contributed by atoms with van der Waals surface area (Å²) in [6, 6.07) is 8.82. The third kappa shape index (κ3) is 8.43. The van der Waals surface area contributed by atoms with E-state index in [0.29, 0.717) is 12.2 Å². The van der Waals surface area contributed by atoms with Crippen molar-refractivity contribution in [2.75, 3.05) is 44.2 Å². The number of nitrogens with one attached hydrogen (secondary N) is 1. The van der Waals surface area contributed by atoms with E-state index in [0.717, 1.165) is 67.1 Å². The first-order chi connectivity index (χ1) is 17.3. The molecule has 3 N–H and O–H groups in total. The SMILES string of the molecule is O=C(NCCCCN1CCN(c2csc3cc(F)ccc23)CC1)c1cccs1.O=C(O)/C=C\C(=O)O. The maximum absolute atomic E-state index is 13.4. The molecule has 1 aromatic carbocycles. The van der Waals surface area contributed by atoms with E-state index in [1.165, 1.54) is 17.0 Å². The molecular formula is C25H28FN3O5S2. The lowest BCUT2D eigenvalue weighted by molar-refractivity contribution is -0.134. The molecular weight excluding hydrogens is 505 g/mol. The fourth-order valence-corrected chi connectivity index (χ4v) is 5.38. The number of amides is 1. The maximum Gasteiger partial charge on any atom is 0.328 e. The maximum atomic E-state index is 13.4. The number of aliphatic carboxylic acids is 2. The van der Waals surface area contributed by atoms with Gasteiger partial charge in [-0.2, -0.15) is 0 Å². The minimum absolute atomic E-state index is 0.0338. The standard InChI is InChI=1S/C21H24FN3OS2.C4H4O4/c22-16-5-6-17-18(15-28-20(17)14-16)25-11-9-24(10-12-25)8-2-1-7-23-21(26)19-4-3-13-27-19;5-3(6)1-2-4(7)8/h3-6,13-15H,1-2,7-12H2,(H,23,26);1-2H,(H,5,6)(H,7,8)/b;2-1-. The summed E-state index contributed by atoms with van der Waals surface area (Å²) in [5.41, 5.74) is 1.23. The largest absolute Gasteiger partial charge is 0.478 e. The third-order valence-electron chi connectivity index (χ3n) is 5.53. The van der Waals surface area contributed by atoms with Crippen LogP contribution in [-0.2, 0) is 9.59 Å². The average molecular weight is 534 g/mol. The molecule has 0 unspecified atom stereocenters. The van der Waals surface area contributed by atoms with Crippen LogP contribution in [0.3, 0.4) is 0 Å². The van der Waals surface area contributed by atoms with Crippen LogP contribution in [-0.4, -0.2) is 72.2 Å². The molecule has 1 saturated heterocycles. The first kappa shape index (κ1) is 27.3. The highest BCUT2D eigenvalue weighted by atomic mass is 32.1. The van der Waals surface area contributed by atoms with Gasteiger partial charge in [-0.05, 0) is 49.0 Å². The monoisotopic (exact) mass is 533 g/mol. The van der Waals surface area contributed by atoms with Gasteiger partial charge in [-0.25, -0.2) is 14.0 Å². The first-order valence-electron chi connectivity index (χ1n) is 11.4. The molecule has 0 radical (unpaired) electrons. The second-order valence-electron chi connectivity index (χ2n) is 8.04. The Hall–Kier alpha value is -3.28. The number of fused-ring (bicyclic) bond motifs is 1. The van der Waals surface area contributed by atoms with Crippen LogP contribution in [0.1, 0.15) is 22.5 Å². The molecule has 0 saturated carbocycles. The molecule has 0 spiro atoms. The Morgan fingerprint density at radius 3 is 2.36 bits per heavy atom. The van der Waals surface area contributed by atoms with E-state index < -0.39 is 11.9 Å². The van der Waals surface area contributed by atoms with Gasteiger partial charge in [-0.1, -0.05) is 6.07 Å². The van der Waals surface area contributed by atoms with Crippen LogP contribution in [0.15, 0.2) is 53.2 Å². The van der Waals surface area contributed by atoms with Gasteiger partial charge in [0.2, 0.25) is 0 Å². The zero-order valence-electron chi connectivity index (χ0n) is 19.6. The number of thiophene rings is 2. The molecule has 0 bridgehead atoms. The summed E-state index contributed by atoms with van der Waals surface area (Å²) in [6.45, 7) is 5.88. The van der Waals surface area contributed by atoms with E-state index in [1.807, 2.05) is 23.6 Å². The lowest BCUT2D eigenvalue weighted by Crippen LogP contribution is -2.46. The van der Waals surface area contributed by atoms with Crippen molar-refractivity contribution in [3.05, 3.63) is 63.9 Å². The minimum atomic E-state index is -1.26. The molecule has 8 nitrogen and oxygen atoms in total. The number of carboxylic acid groups (broad SMARTS) is 2. The van der Waals surface area contributed by atoms with Crippen LogP contribution in [0.25, 0.3) is 10.1 Å². The zero-order valence-corrected chi connectivity index (χ0v) is 21.2. The topological polar surface area (TPSA) is 110 Å². The van der Waals surface area contributed by atoms with Crippen molar-refractivity contribution >= 4 is 56.3 Å². The summed E-state index contributed by atoms with van der Waals surface area (Å²) < 4.78 is 14.4. The molecule has 4 rings (SSSR count). The molecule has 1 amide bonds. The molecule has 192 valence electrons. The van der Waals surface area contributed by atoms with Gasteiger partial charge in [0.1, 0.15) is 5.82 Å². The summed E-state index contributed by atoms with van der Waals surface area (Å²) in [5, 5.41) is 23.8. The molecule has 11 heteroatoms. The Labute approximate surface area is 216 Å². The van der Waals surface area contributed by atoms with Gasteiger partial charge in [0.05, 0.1) is 10.6 Å². The van der Waals surface area contributed by atoms with E-state index in [2.05, 4.69) is 20.5 Å². The number of anilines is 1. The quantitative estimate of drug-likeness (QED) is 0.280. The number of piperazine rings is 1. The van der Waals surface area contributed by atoms with Crippen molar-refractivity contribution < 1.29 is 29.0 Å². The number of hydrogen-bond donors (Lipinski definition) is 3. The van der Waals surface area contributed by atoms with E-state index in [9.17, 15) is 18.8 Å². The highest BCUT2D eigenvalue weighted by Crippen LogP contribution is 2.34. The Morgan fingerprint density at radius 2 is 1.72 bits per heavy atom. The highest BCUT2D eigenvalue weighted by Gasteiger charge is 2.19. The molecule has 36 heavy (non-hydrogen) atoms. The van der Waals surface area contributed by atoms with Crippen molar-refractivity contribution in [2.24, 2.45) is 0 Å². The number of carbonyl (C=O) groups is 3. The molecule has 1 aliphatic heterocycles. The van der Waals surface area contributed by atoms with Crippen LogP contribution in [0.2, 0.25) is 0 Å². The number of carboxylic acids is 2. The van der Waals surface area contributed by atoms with Crippen molar-refractivity contribution in [2.45, 2.75) is 12.8 Å². The lowest BCUT2D eigenvalue weighted by Gasteiger charge is -2.35. The number of nitrogens with zero attached hydrogens (tertiary/aromatic N) is 2. The molecule has 1 aliphatic rings. The molecule has 2 aromatic heterocycles. The van der Waals surface area contributed by atoms with Gasteiger partial charge >= 0.3 is 11.9 Å². The van der Waals surface area contributed by atoms with Crippen molar-refractivity contribution in [3.63, 3.8) is 0 Å². The lowest BCUT2D eigenvalue weighted by atomic mass is 10.2. The van der Waals surface area contributed by atoms with E-state index in [4.69, 9.17) is 10.2 Å². The number of hydrogen-bond acceptors (Lipinski definition) is 7. The van der Waals surface area contributed by atoms with E-state index >= 15 is 0 Å². The van der Waals surface area contributed by atoms with Crippen molar-refractivity contribution in [3.8, 4) is 0 Å². The summed E-state index contributed by atoms with van der Waals surface area (Å²) in [4.78, 5) is 36.7. The fraction of sp³-hybridized carbons (Fsp3) is 0.320. The van der Waals surface area contributed by atoms with Gasteiger partial charge < -0.3 is 20.4 Å². The van der Waals surface area contributed by atoms with Gasteiger partial charge in [-0.3, -0.25) is 9.69 Å². The normalized spacial score (nSPS) is 14.0. The smallest absolute Gasteiger partial charge is 0.328 e. The number of halogens is 1. The summed E-state index contributed by atoms with van der Waals surface area (Å²) in [5.74, 6) is -2.65. The van der Waals surface area contributed by atoms with Crippen molar-refractivity contribution in [1.29, 1.82) is 0 Å². The molecule has 3 aromatic rings. The molecule has 1 fully saturated rings. The predicted molar refractivity (Wildman–Crippen MR) is 141 cm³/mol. The van der Waals surface area contributed by atoms with E-state index in [1.54, 1.807) is 23.5 Å². The van der Waals surface area contributed by atoms with E-state index in [-0.39, 0.29) is 11.7 Å². The van der Waals surface area contributed by atoms with Crippen LogP contribution in [0.5, 0.6) is 0 Å². The van der Waals surface area contributed by atoms with Crippen LogP contribution < -0.4 is 10.2 Å². The Bertz CT molecular complexity index is 1170. The number of benzene rings is 1. The van der Waals surface area contributed by atoms with Gasteiger partial charge in [-0.15, -0.1) is 22.7 Å².